The van der Waals surface area contributed by atoms with Crippen LogP contribution < -0.4 is 0 Å². The van der Waals surface area contributed by atoms with Crippen LogP contribution in [0.4, 0.5) is 0 Å². The van der Waals surface area contributed by atoms with Crippen LogP contribution in [-0.4, -0.2) is 35.4 Å². The molecule has 2 aliphatic rings. The number of rotatable bonds is 3. The molecule has 0 aliphatic heterocycles. The topological polar surface area (TPSA) is 72.8 Å². The molecule has 0 amide bonds. The van der Waals surface area contributed by atoms with Gasteiger partial charge in [-0.1, -0.05) is 27.2 Å². The minimum atomic E-state index is -1.25. The first-order valence-electron chi connectivity index (χ1n) is 8.66. The van der Waals surface area contributed by atoms with Crippen LogP contribution in [0.25, 0.3) is 0 Å². The summed E-state index contributed by atoms with van der Waals surface area (Å²) < 4.78 is 10.8. The molecule has 1 unspecified atom stereocenters. The first-order valence-corrected chi connectivity index (χ1v) is 8.66. The molecule has 0 radical (unpaired) electrons. The van der Waals surface area contributed by atoms with Gasteiger partial charge in [-0.15, -0.1) is 0 Å². The van der Waals surface area contributed by atoms with Crippen LogP contribution in [-0.2, 0) is 19.1 Å². The largest absolute Gasteiger partial charge is 0.462 e. The quantitative estimate of drug-likeness (QED) is 0.632. The first kappa shape index (κ1) is 19.0. The maximum absolute atomic E-state index is 11.6. The number of hydrogen-bond donors (Lipinski definition) is 1. The first-order chi connectivity index (χ1) is 10.9. The molecular formula is C19H30O5. The van der Waals surface area contributed by atoms with E-state index in [0.717, 1.165) is 19.3 Å². The highest BCUT2D eigenvalue weighted by Gasteiger charge is 2.63. The average Bonchev–Trinajstić information content (AvgIpc) is 2.41. The molecule has 2 aliphatic carbocycles. The van der Waals surface area contributed by atoms with Crippen LogP contribution in [0.1, 0.15) is 60.8 Å². The summed E-state index contributed by atoms with van der Waals surface area (Å²) in [5.41, 5.74) is -1.19. The second-order valence-corrected chi connectivity index (χ2v) is 8.30. The fourth-order valence-electron chi connectivity index (χ4n) is 5.07. The van der Waals surface area contributed by atoms with E-state index >= 15 is 0 Å². The van der Waals surface area contributed by atoms with Crippen molar-refractivity contribution in [2.75, 3.05) is 6.61 Å². The molecule has 0 bridgehead atoms. The normalized spacial score (nSPS) is 37.9. The van der Waals surface area contributed by atoms with Crippen LogP contribution in [0.3, 0.4) is 0 Å². The van der Waals surface area contributed by atoms with Crippen molar-refractivity contribution in [1.29, 1.82) is 0 Å². The van der Waals surface area contributed by atoms with Crippen molar-refractivity contribution in [1.82, 2.24) is 0 Å². The molecule has 5 heteroatoms. The summed E-state index contributed by atoms with van der Waals surface area (Å²) in [5.74, 6) is -0.779. The van der Waals surface area contributed by atoms with Crippen molar-refractivity contribution >= 4 is 11.9 Å². The summed E-state index contributed by atoms with van der Waals surface area (Å²) in [6, 6.07) is 0. The van der Waals surface area contributed by atoms with Gasteiger partial charge in [0.25, 0.3) is 0 Å². The predicted octanol–water partition coefficient (Wildman–Crippen LogP) is 3.00. The monoisotopic (exact) mass is 338 g/mol. The molecule has 2 rings (SSSR count). The molecule has 136 valence electrons. The van der Waals surface area contributed by atoms with Gasteiger partial charge in [0.1, 0.15) is 18.3 Å². The molecule has 0 heterocycles. The highest BCUT2D eigenvalue weighted by molar-refractivity contribution is 5.67. The van der Waals surface area contributed by atoms with Crippen molar-refractivity contribution in [3.05, 3.63) is 11.6 Å². The van der Waals surface area contributed by atoms with E-state index in [1.165, 1.54) is 13.8 Å². The van der Waals surface area contributed by atoms with Crippen molar-refractivity contribution in [2.45, 2.75) is 72.5 Å². The van der Waals surface area contributed by atoms with E-state index in [1.807, 2.05) is 19.9 Å². The van der Waals surface area contributed by atoms with Crippen molar-refractivity contribution in [2.24, 2.45) is 16.7 Å². The molecule has 0 spiro atoms. The summed E-state index contributed by atoms with van der Waals surface area (Å²) in [5, 5.41) is 11.5. The van der Waals surface area contributed by atoms with Gasteiger partial charge in [0.2, 0.25) is 0 Å². The molecule has 1 saturated carbocycles. The van der Waals surface area contributed by atoms with Crippen LogP contribution in [0, 0.1) is 16.7 Å². The van der Waals surface area contributed by atoms with Gasteiger partial charge in [0.05, 0.1) is 0 Å². The Morgan fingerprint density at radius 1 is 1.21 bits per heavy atom. The van der Waals surface area contributed by atoms with Gasteiger partial charge in [-0.25, -0.2) is 0 Å². The van der Waals surface area contributed by atoms with E-state index < -0.39 is 17.0 Å². The molecule has 5 nitrogen and oxygen atoms in total. The van der Waals surface area contributed by atoms with E-state index in [0.29, 0.717) is 5.57 Å². The molecule has 4 atom stereocenters. The summed E-state index contributed by atoms with van der Waals surface area (Å²) >= 11 is 0. The Labute approximate surface area is 144 Å². The number of hydrogen-bond acceptors (Lipinski definition) is 5. The SMILES string of the molecule is CC(=O)OC[C@@]1(O)C(C)=CC(OC(C)=O)[C@H]2C(C)(C)CCC[C@@]21C. The minimum Gasteiger partial charge on any atom is -0.462 e. The number of fused-ring (bicyclic) bond motifs is 1. The predicted molar refractivity (Wildman–Crippen MR) is 90.1 cm³/mol. The molecule has 0 aromatic rings. The maximum Gasteiger partial charge on any atom is 0.303 e. The van der Waals surface area contributed by atoms with Crippen LogP contribution >= 0.6 is 0 Å². The van der Waals surface area contributed by atoms with Crippen molar-refractivity contribution < 1.29 is 24.2 Å². The summed E-state index contributed by atoms with van der Waals surface area (Å²) in [4.78, 5) is 22.9. The molecule has 1 N–H and O–H groups in total. The highest BCUT2D eigenvalue weighted by Crippen LogP contribution is 2.61. The smallest absolute Gasteiger partial charge is 0.303 e. The fraction of sp³-hybridized carbons (Fsp3) is 0.789. The van der Waals surface area contributed by atoms with E-state index in [2.05, 4.69) is 13.8 Å². The molecular weight excluding hydrogens is 308 g/mol. The Kier molecular flexibility index (Phi) is 4.88. The number of esters is 2. The minimum absolute atomic E-state index is 0.0492. The third-order valence-electron chi connectivity index (χ3n) is 6.17. The molecule has 1 fully saturated rings. The lowest BCUT2D eigenvalue weighted by Gasteiger charge is -2.61. The van der Waals surface area contributed by atoms with Crippen molar-refractivity contribution in [3.8, 4) is 0 Å². The third-order valence-corrected chi connectivity index (χ3v) is 6.17. The zero-order valence-corrected chi connectivity index (χ0v) is 15.6. The second kappa shape index (κ2) is 6.17. The van der Waals surface area contributed by atoms with Crippen LogP contribution in [0.15, 0.2) is 11.6 Å². The highest BCUT2D eigenvalue weighted by atomic mass is 16.5. The van der Waals surface area contributed by atoms with Gasteiger partial charge < -0.3 is 14.6 Å². The molecule has 24 heavy (non-hydrogen) atoms. The Bertz CT molecular complexity index is 564. The number of ether oxygens (including phenoxy) is 2. The fourth-order valence-corrected chi connectivity index (χ4v) is 5.07. The third kappa shape index (κ3) is 2.99. The zero-order chi connectivity index (χ0) is 18.3. The zero-order valence-electron chi connectivity index (χ0n) is 15.6. The van der Waals surface area contributed by atoms with Gasteiger partial charge in [-0.2, -0.15) is 0 Å². The number of aliphatic hydroxyl groups is 1. The maximum atomic E-state index is 11.6. The Morgan fingerprint density at radius 3 is 2.38 bits per heavy atom. The van der Waals surface area contributed by atoms with E-state index in [1.54, 1.807) is 0 Å². The number of carbonyl (C=O) groups excluding carboxylic acids is 2. The van der Waals surface area contributed by atoms with Gasteiger partial charge in [-0.05, 0) is 36.8 Å². The Balaban J connectivity index is 2.54. The standard InChI is InChI=1S/C19H30O5/c1-12-10-15(24-14(3)21)16-17(4,5)8-7-9-18(16,6)19(12,22)11-23-13(2)20/h10,15-16,22H,7-9,11H2,1-6H3/t15?,16-,18-,19+/m0/s1. The lowest BCUT2D eigenvalue weighted by Crippen LogP contribution is -2.64. The van der Waals surface area contributed by atoms with Gasteiger partial charge >= 0.3 is 11.9 Å². The Morgan fingerprint density at radius 2 is 1.83 bits per heavy atom. The summed E-state index contributed by atoms with van der Waals surface area (Å²) in [6.07, 6.45) is 4.23. The second-order valence-electron chi connectivity index (χ2n) is 8.30. The lowest BCUT2D eigenvalue weighted by atomic mass is 9.46. The lowest BCUT2D eigenvalue weighted by molar-refractivity contribution is -0.202. The van der Waals surface area contributed by atoms with E-state index in [9.17, 15) is 14.7 Å². The van der Waals surface area contributed by atoms with Gasteiger partial charge in [-0.3, -0.25) is 9.59 Å². The molecule has 0 aromatic carbocycles. The van der Waals surface area contributed by atoms with Crippen LogP contribution in [0.2, 0.25) is 0 Å². The van der Waals surface area contributed by atoms with Gasteiger partial charge in [0, 0.05) is 25.2 Å². The summed E-state index contributed by atoms with van der Waals surface area (Å²) in [6.45, 7) is 10.9. The van der Waals surface area contributed by atoms with E-state index in [-0.39, 0.29) is 30.0 Å². The number of carbonyl (C=O) groups is 2. The van der Waals surface area contributed by atoms with Gasteiger partial charge in [0.15, 0.2) is 0 Å². The van der Waals surface area contributed by atoms with E-state index in [4.69, 9.17) is 9.47 Å². The average molecular weight is 338 g/mol. The molecule has 0 saturated heterocycles. The Hall–Kier alpha value is -1.36. The van der Waals surface area contributed by atoms with Crippen LogP contribution in [0.5, 0.6) is 0 Å². The summed E-state index contributed by atoms with van der Waals surface area (Å²) in [7, 11) is 0. The molecule has 0 aromatic heterocycles. The van der Waals surface area contributed by atoms with Crippen molar-refractivity contribution in [3.63, 3.8) is 0 Å².